The molecule has 1 aromatic rings. The summed E-state index contributed by atoms with van der Waals surface area (Å²) in [6.07, 6.45) is 4.34. The zero-order valence-corrected chi connectivity index (χ0v) is 12.1. The van der Waals surface area contributed by atoms with Crippen LogP contribution in [0.5, 0.6) is 5.75 Å². The Balaban J connectivity index is 2.02. The maximum atomic E-state index is 11.9. The molecular formula is C13H15Cl2NO3. The highest BCUT2D eigenvalue weighted by Crippen LogP contribution is 2.33. The molecule has 1 N–H and O–H groups in total. The molecule has 19 heavy (non-hydrogen) atoms. The van der Waals surface area contributed by atoms with E-state index in [1.807, 2.05) is 0 Å². The molecule has 6 heteroatoms. The van der Waals surface area contributed by atoms with Gasteiger partial charge in [0.1, 0.15) is 0 Å². The molecule has 0 heterocycles. The van der Waals surface area contributed by atoms with Gasteiger partial charge in [-0.2, -0.15) is 0 Å². The number of hydroxylamine groups is 1. The van der Waals surface area contributed by atoms with Gasteiger partial charge in [-0.15, -0.1) is 0 Å². The van der Waals surface area contributed by atoms with Crippen LogP contribution in [-0.2, 0) is 4.84 Å². The van der Waals surface area contributed by atoms with Crippen molar-refractivity contribution in [2.24, 2.45) is 0 Å². The zero-order chi connectivity index (χ0) is 13.8. The van der Waals surface area contributed by atoms with Crippen LogP contribution < -0.4 is 10.2 Å². The summed E-state index contributed by atoms with van der Waals surface area (Å²) in [5.41, 5.74) is 2.78. The van der Waals surface area contributed by atoms with Crippen LogP contribution in [0.4, 0.5) is 0 Å². The molecule has 1 fully saturated rings. The van der Waals surface area contributed by atoms with Crippen LogP contribution in [0.1, 0.15) is 36.0 Å². The number of hydrogen-bond donors (Lipinski definition) is 1. The van der Waals surface area contributed by atoms with E-state index in [2.05, 4.69) is 5.48 Å². The Morgan fingerprint density at radius 2 is 1.84 bits per heavy atom. The van der Waals surface area contributed by atoms with Crippen LogP contribution in [0.3, 0.4) is 0 Å². The number of nitrogens with one attached hydrogen (secondary N) is 1. The van der Waals surface area contributed by atoms with Crippen molar-refractivity contribution in [1.29, 1.82) is 0 Å². The highest BCUT2D eigenvalue weighted by Gasteiger charge is 2.18. The predicted molar refractivity (Wildman–Crippen MR) is 73.8 cm³/mol. The van der Waals surface area contributed by atoms with Gasteiger partial charge in [-0.1, -0.05) is 36.0 Å². The summed E-state index contributed by atoms with van der Waals surface area (Å²) in [7, 11) is 1.47. The third kappa shape index (κ3) is 3.53. The van der Waals surface area contributed by atoms with Crippen molar-refractivity contribution >= 4 is 29.1 Å². The summed E-state index contributed by atoms with van der Waals surface area (Å²) in [5.74, 6) is -0.00468. The number of ether oxygens (including phenoxy) is 1. The van der Waals surface area contributed by atoms with Crippen molar-refractivity contribution in [2.75, 3.05) is 7.11 Å². The molecule has 104 valence electrons. The van der Waals surface area contributed by atoms with Crippen LogP contribution >= 0.6 is 23.2 Å². The van der Waals surface area contributed by atoms with Gasteiger partial charge in [-0.05, 0) is 25.0 Å². The number of amides is 1. The number of rotatable bonds is 4. The van der Waals surface area contributed by atoms with Gasteiger partial charge in [0.25, 0.3) is 5.91 Å². The molecule has 1 aromatic carbocycles. The molecule has 0 radical (unpaired) electrons. The lowest BCUT2D eigenvalue weighted by Gasteiger charge is -2.12. The Labute approximate surface area is 121 Å². The van der Waals surface area contributed by atoms with Crippen LogP contribution in [0.2, 0.25) is 10.0 Å². The molecule has 0 bridgehead atoms. The molecule has 0 saturated heterocycles. The normalized spacial score (nSPS) is 15.5. The fourth-order valence-corrected chi connectivity index (χ4v) is 2.73. The smallest absolute Gasteiger partial charge is 0.274 e. The minimum absolute atomic E-state index is 0.105. The van der Waals surface area contributed by atoms with Gasteiger partial charge in [0.05, 0.1) is 23.3 Å². The van der Waals surface area contributed by atoms with E-state index in [1.165, 1.54) is 19.2 Å². The molecule has 1 amide bonds. The lowest BCUT2D eigenvalue weighted by atomic mass is 10.2. The molecular weight excluding hydrogens is 289 g/mol. The van der Waals surface area contributed by atoms with Gasteiger partial charge in [0.2, 0.25) is 0 Å². The molecule has 0 unspecified atom stereocenters. The first-order chi connectivity index (χ1) is 9.11. The Hall–Kier alpha value is -0.970. The van der Waals surface area contributed by atoms with Crippen molar-refractivity contribution in [1.82, 2.24) is 5.48 Å². The summed E-state index contributed by atoms with van der Waals surface area (Å²) in [6.45, 7) is 0. The minimum Gasteiger partial charge on any atom is -0.494 e. The van der Waals surface area contributed by atoms with E-state index in [9.17, 15) is 4.79 Å². The molecule has 4 nitrogen and oxygen atoms in total. The Kier molecular flexibility index (Phi) is 4.91. The molecule has 0 aromatic heterocycles. The summed E-state index contributed by atoms with van der Waals surface area (Å²) in [5, 5.41) is 0.585. The first kappa shape index (κ1) is 14.4. The number of methoxy groups -OCH3 is 1. The van der Waals surface area contributed by atoms with Gasteiger partial charge in [-0.25, -0.2) is 5.48 Å². The summed E-state index contributed by atoms with van der Waals surface area (Å²) in [6, 6.07) is 3.00. The second-order valence-electron chi connectivity index (χ2n) is 4.43. The maximum Gasteiger partial charge on any atom is 0.274 e. The molecule has 2 rings (SSSR count). The van der Waals surface area contributed by atoms with Crippen molar-refractivity contribution in [3.05, 3.63) is 27.7 Å². The number of carbonyl (C=O) groups is 1. The lowest BCUT2D eigenvalue weighted by Crippen LogP contribution is -2.28. The first-order valence-corrected chi connectivity index (χ1v) is 6.86. The first-order valence-electron chi connectivity index (χ1n) is 6.11. The fraction of sp³-hybridized carbons (Fsp3) is 0.462. The van der Waals surface area contributed by atoms with E-state index >= 15 is 0 Å². The number of hydrogen-bond acceptors (Lipinski definition) is 3. The highest BCUT2D eigenvalue weighted by molar-refractivity contribution is 6.37. The summed E-state index contributed by atoms with van der Waals surface area (Å²) in [4.78, 5) is 17.2. The third-order valence-corrected chi connectivity index (χ3v) is 3.65. The topological polar surface area (TPSA) is 47.6 Å². The molecule has 1 saturated carbocycles. The standard InChI is InChI=1S/C13H15Cl2NO3/c1-18-12-10(14)6-8(7-11(12)15)13(17)16-19-9-4-2-3-5-9/h6-7,9H,2-5H2,1H3,(H,16,17). The number of halogens is 2. The second kappa shape index (κ2) is 6.46. The molecule has 0 spiro atoms. The Morgan fingerprint density at radius 3 is 2.37 bits per heavy atom. The quantitative estimate of drug-likeness (QED) is 0.865. The van der Waals surface area contributed by atoms with Gasteiger partial charge in [0.15, 0.2) is 5.75 Å². The highest BCUT2D eigenvalue weighted by atomic mass is 35.5. The van der Waals surface area contributed by atoms with Gasteiger partial charge < -0.3 is 4.74 Å². The number of carbonyl (C=O) groups excluding carboxylic acids is 1. The van der Waals surface area contributed by atoms with Crippen molar-refractivity contribution < 1.29 is 14.4 Å². The van der Waals surface area contributed by atoms with E-state index in [0.717, 1.165) is 25.7 Å². The molecule has 0 aliphatic heterocycles. The Morgan fingerprint density at radius 1 is 1.26 bits per heavy atom. The zero-order valence-electron chi connectivity index (χ0n) is 10.5. The van der Waals surface area contributed by atoms with E-state index in [4.69, 9.17) is 32.8 Å². The van der Waals surface area contributed by atoms with E-state index < -0.39 is 0 Å². The van der Waals surface area contributed by atoms with Crippen molar-refractivity contribution in [3.63, 3.8) is 0 Å². The average Bonchev–Trinajstić information content (AvgIpc) is 2.88. The van der Waals surface area contributed by atoms with Crippen molar-refractivity contribution in [2.45, 2.75) is 31.8 Å². The summed E-state index contributed by atoms with van der Waals surface area (Å²) < 4.78 is 5.02. The van der Waals surface area contributed by atoms with Crippen LogP contribution in [-0.4, -0.2) is 19.1 Å². The third-order valence-electron chi connectivity index (χ3n) is 3.09. The second-order valence-corrected chi connectivity index (χ2v) is 5.24. The number of benzene rings is 1. The van der Waals surface area contributed by atoms with E-state index in [-0.39, 0.29) is 12.0 Å². The van der Waals surface area contributed by atoms with Gasteiger partial charge in [-0.3, -0.25) is 9.63 Å². The lowest BCUT2D eigenvalue weighted by molar-refractivity contribution is -0.0124. The van der Waals surface area contributed by atoms with Crippen LogP contribution in [0.25, 0.3) is 0 Å². The Bertz CT molecular complexity index is 450. The SMILES string of the molecule is COc1c(Cl)cc(C(=O)NOC2CCCC2)cc1Cl. The minimum atomic E-state index is -0.363. The predicted octanol–water partition coefficient (Wildman–Crippen LogP) is 3.61. The monoisotopic (exact) mass is 303 g/mol. The van der Waals surface area contributed by atoms with E-state index in [1.54, 1.807) is 0 Å². The molecule has 0 atom stereocenters. The molecule has 1 aliphatic carbocycles. The fourth-order valence-electron chi connectivity index (χ4n) is 2.09. The molecule has 1 aliphatic rings. The van der Waals surface area contributed by atoms with Gasteiger partial charge >= 0.3 is 0 Å². The average molecular weight is 304 g/mol. The van der Waals surface area contributed by atoms with Gasteiger partial charge in [0, 0.05) is 5.56 Å². The van der Waals surface area contributed by atoms with E-state index in [0.29, 0.717) is 21.4 Å². The maximum absolute atomic E-state index is 11.9. The van der Waals surface area contributed by atoms with Crippen LogP contribution in [0, 0.1) is 0 Å². The van der Waals surface area contributed by atoms with Crippen LogP contribution in [0.15, 0.2) is 12.1 Å². The summed E-state index contributed by atoms with van der Waals surface area (Å²) >= 11 is 12.0. The largest absolute Gasteiger partial charge is 0.494 e. The van der Waals surface area contributed by atoms with Crippen molar-refractivity contribution in [3.8, 4) is 5.75 Å².